The van der Waals surface area contributed by atoms with Crippen LogP contribution in [0.15, 0.2) is 0 Å². The van der Waals surface area contributed by atoms with Crippen molar-refractivity contribution in [2.45, 2.75) is 63.6 Å². The molecule has 0 radical (unpaired) electrons. The Kier molecular flexibility index (Phi) is 9.35. The summed E-state index contributed by atoms with van der Waals surface area (Å²) < 4.78 is 4.73. The predicted molar refractivity (Wildman–Crippen MR) is 75.2 cm³/mol. The highest BCUT2D eigenvalue weighted by Gasteiger charge is 2.41. The average molecular weight is 320 g/mol. The van der Waals surface area contributed by atoms with Gasteiger partial charge in [-0.1, -0.05) is 26.2 Å². The number of unbranched alkanes of at least 4 members (excludes halogenated alkanes) is 2. The summed E-state index contributed by atoms with van der Waals surface area (Å²) in [5.41, 5.74) is -2.69. The summed E-state index contributed by atoms with van der Waals surface area (Å²) in [5, 5.41) is 36.6. The first-order chi connectivity index (χ1) is 10.2. The molecule has 0 bridgehead atoms. The van der Waals surface area contributed by atoms with Crippen LogP contribution in [0.3, 0.4) is 0 Å². The van der Waals surface area contributed by atoms with E-state index in [1.165, 1.54) is 0 Å². The molecular weight excluding hydrogens is 296 g/mol. The minimum atomic E-state index is -2.69. The molecule has 0 aliphatic carbocycles. The van der Waals surface area contributed by atoms with E-state index in [2.05, 4.69) is 0 Å². The summed E-state index contributed by atoms with van der Waals surface area (Å²) in [6, 6.07) is 0. The monoisotopic (exact) mass is 320 g/mol. The van der Waals surface area contributed by atoms with E-state index < -0.39 is 42.5 Å². The lowest BCUT2D eigenvalue weighted by Gasteiger charge is -2.20. The summed E-state index contributed by atoms with van der Waals surface area (Å²) >= 11 is 0. The molecule has 0 saturated heterocycles. The summed E-state index contributed by atoms with van der Waals surface area (Å²) in [4.78, 5) is 32.8. The number of aliphatic hydroxyl groups excluding tert-OH is 1. The summed E-state index contributed by atoms with van der Waals surface area (Å²) in [7, 11) is 0. The number of carbonyl (C=O) groups is 3. The first-order valence-electron chi connectivity index (χ1n) is 7.22. The molecule has 2 atom stereocenters. The number of ether oxygens (including phenoxy) is 1. The van der Waals surface area contributed by atoms with E-state index >= 15 is 0 Å². The van der Waals surface area contributed by atoms with Crippen LogP contribution in [-0.4, -0.2) is 56.6 Å². The number of carboxylic acid groups (broad SMARTS) is 2. The maximum absolute atomic E-state index is 11.5. The summed E-state index contributed by atoms with van der Waals surface area (Å²) in [6.07, 6.45) is 1.01. The maximum atomic E-state index is 11.5. The number of esters is 1. The van der Waals surface area contributed by atoms with E-state index in [0.717, 1.165) is 19.3 Å². The van der Waals surface area contributed by atoms with Crippen molar-refractivity contribution in [1.29, 1.82) is 0 Å². The lowest BCUT2D eigenvalue weighted by Crippen LogP contribution is -2.43. The molecule has 0 spiro atoms. The van der Waals surface area contributed by atoms with Crippen LogP contribution in [0.1, 0.15) is 51.9 Å². The zero-order valence-electron chi connectivity index (χ0n) is 12.7. The fourth-order valence-electron chi connectivity index (χ4n) is 1.84. The van der Waals surface area contributed by atoms with Gasteiger partial charge in [-0.15, -0.1) is 0 Å². The molecule has 0 aliphatic heterocycles. The Morgan fingerprint density at radius 1 is 1.09 bits per heavy atom. The third kappa shape index (κ3) is 8.58. The number of aliphatic hydroxyl groups is 2. The molecule has 0 aromatic carbocycles. The van der Waals surface area contributed by atoms with Crippen LogP contribution >= 0.6 is 0 Å². The molecule has 2 unspecified atom stereocenters. The number of rotatable bonds is 12. The molecule has 0 aromatic rings. The Hall–Kier alpha value is -1.67. The molecule has 0 amide bonds. The van der Waals surface area contributed by atoms with E-state index in [-0.39, 0.29) is 13.0 Å². The minimum absolute atomic E-state index is 0.116. The predicted octanol–water partition coefficient (Wildman–Crippen LogP) is 0.541. The smallest absolute Gasteiger partial charge is 0.336 e. The van der Waals surface area contributed by atoms with Crippen molar-refractivity contribution in [3.63, 3.8) is 0 Å². The number of carboxylic acids is 2. The molecule has 4 N–H and O–H groups in total. The molecule has 0 fully saturated rings. The standard InChI is InChI=1S/C14H24O8/c1-2-3-4-5-10(15)6-7-22-12(18)9-14(21,13(19)20)8-11(16)17/h10,15,21H,2-9H2,1H3,(H,16,17)(H,19,20). The molecule has 22 heavy (non-hydrogen) atoms. The SMILES string of the molecule is CCCCCC(O)CCOC(=O)CC(O)(CC(=O)O)C(=O)O. The van der Waals surface area contributed by atoms with Crippen molar-refractivity contribution in [3.05, 3.63) is 0 Å². The Morgan fingerprint density at radius 3 is 2.23 bits per heavy atom. The van der Waals surface area contributed by atoms with Crippen molar-refractivity contribution in [1.82, 2.24) is 0 Å². The Morgan fingerprint density at radius 2 is 1.73 bits per heavy atom. The van der Waals surface area contributed by atoms with Gasteiger partial charge >= 0.3 is 17.9 Å². The third-order valence-electron chi connectivity index (χ3n) is 3.13. The maximum Gasteiger partial charge on any atom is 0.336 e. The van der Waals surface area contributed by atoms with E-state index in [4.69, 9.17) is 14.9 Å². The van der Waals surface area contributed by atoms with E-state index in [1.807, 2.05) is 6.92 Å². The lowest BCUT2D eigenvalue weighted by atomic mass is 9.96. The highest BCUT2D eigenvalue weighted by Crippen LogP contribution is 2.17. The Bertz CT molecular complexity index is 381. The molecule has 0 rings (SSSR count). The number of carbonyl (C=O) groups excluding carboxylic acids is 1. The van der Waals surface area contributed by atoms with E-state index in [9.17, 15) is 24.6 Å². The van der Waals surface area contributed by atoms with Gasteiger partial charge in [-0.3, -0.25) is 9.59 Å². The zero-order chi connectivity index (χ0) is 17.2. The first-order valence-corrected chi connectivity index (χ1v) is 7.22. The van der Waals surface area contributed by atoms with Crippen LogP contribution in [0.25, 0.3) is 0 Å². The highest BCUT2D eigenvalue weighted by molar-refractivity contribution is 5.88. The van der Waals surface area contributed by atoms with Gasteiger partial charge in [-0.2, -0.15) is 0 Å². The van der Waals surface area contributed by atoms with Gasteiger partial charge in [0.15, 0.2) is 5.60 Å². The van der Waals surface area contributed by atoms with Gasteiger partial charge in [0.25, 0.3) is 0 Å². The largest absolute Gasteiger partial charge is 0.481 e. The van der Waals surface area contributed by atoms with Crippen LogP contribution in [-0.2, 0) is 19.1 Å². The number of aliphatic carboxylic acids is 2. The Balaban J connectivity index is 4.15. The molecule has 8 nitrogen and oxygen atoms in total. The molecule has 0 saturated carbocycles. The molecule has 0 aliphatic rings. The van der Waals surface area contributed by atoms with Gasteiger partial charge in [0.2, 0.25) is 0 Å². The number of hydrogen-bond donors (Lipinski definition) is 4. The molecule has 128 valence electrons. The van der Waals surface area contributed by atoms with Crippen LogP contribution in [0.4, 0.5) is 0 Å². The lowest BCUT2D eigenvalue weighted by molar-refractivity contribution is -0.172. The Labute approximate surface area is 128 Å². The van der Waals surface area contributed by atoms with E-state index in [0.29, 0.717) is 6.42 Å². The second kappa shape index (κ2) is 10.1. The van der Waals surface area contributed by atoms with Gasteiger partial charge < -0.3 is 25.2 Å². The van der Waals surface area contributed by atoms with Crippen LogP contribution in [0.5, 0.6) is 0 Å². The minimum Gasteiger partial charge on any atom is -0.481 e. The fraction of sp³-hybridized carbons (Fsp3) is 0.786. The van der Waals surface area contributed by atoms with Gasteiger partial charge in [0, 0.05) is 6.42 Å². The normalized spacial score (nSPS) is 14.9. The van der Waals surface area contributed by atoms with Crippen LogP contribution < -0.4 is 0 Å². The second-order valence-corrected chi connectivity index (χ2v) is 5.24. The second-order valence-electron chi connectivity index (χ2n) is 5.24. The van der Waals surface area contributed by atoms with Crippen LogP contribution in [0.2, 0.25) is 0 Å². The summed E-state index contributed by atoms with van der Waals surface area (Å²) in [5.74, 6) is -4.36. The van der Waals surface area contributed by atoms with Gasteiger partial charge in [-0.25, -0.2) is 4.79 Å². The average Bonchev–Trinajstić information content (AvgIpc) is 2.37. The molecule has 0 heterocycles. The van der Waals surface area contributed by atoms with Crippen molar-refractivity contribution < 1.29 is 39.5 Å². The van der Waals surface area contributed by atoms with Crippen molar-refractivity contribution in [3.8, 4) is 0 Å². The number of hydrogen-bond acceptors (Lipinski definition) is 6. The molecule has 0 aromatic heterocycles. The zero-order valence-corrected chi connectivity index (χ0v) is 12.7. The first kappa shape index (κ1) is 20.3. The topological polar surface area (TPSA) is 141 Å². The van der Waals surface area contributed by atoms with E-state index in [1.54, 1.807) is 0 Å². The highest BCUT2D eigenvalue weighted by atomic mass is 16.5. The molecular formula is C14H24O8. The quantitative estimate of drug-likeness (QED) is 0.301. The van der Waals surface area contributed by atoms with Crippen LogP contribution in [0, 0.1) is 0 Å². The van der Waals surface area contributed by atoms with Crippen molar-refractivity contribution in [2.24, 2.45) is 0 Å². The van der Waals surface area contributed by atoms with Gasteiger partial charge in [0.1, 0.15) is 0 Å². The fourth-order valence-corrected chi connectivity index (χ4v) is 1.84. The third-order valence-corrected chi connectivity index (χ3v) is 3.13. The van der Waals surface area contributed by atoms with Gasteiger partial charge in [0.05, 0.1) is 25.6 Å². The summed E-state index contributed by atoms with van der Waals surface area (Å²) in [6.45, 7) is 1.92. The van der Waals surface area contributed by atoms with Crippen molar-refractivity contribution >= 4 is 17.9 Å². The van der Waals surface area contributed by atoms with Gasteiger partial charge in [-0.05, 0) is 6.42 Å². The molecule has 8 heteroatoms. The van der Waals surface area contributed by atoms with Crippen molar-refractivity contribution in [2.75, 3.05) is 6.61 Å².